The second-order valence-electron chi connectivity index (χ2n) is 9.00. The van der Waals surface area contributed by atoms with Crippen LogP contribution in [0.25, 0.3) is 11.0 Å². The molecule has 4 heterocycles. The van der Waals surface area contributed by atoms with Gasteiger partial charge in [0.25, 0.3) is 0 Å². The molecule has 168 valence electrons. The van der Waals surface area contributed by atoms with Gasteiger partial charge in [0, 0.05) is 24.7 Å². The van der Waals surface area contributed by atoms with Gasteiger partial charge in [-0.25, -0.2) is 4.98 Å². The van der Waals surface area contributed by atoms with E-state index in [0.29, 0.717) is 6.54 Å². The van der Waals surface area contributed by atoms with Crippen molar-refractivity contribution < 1.29 is 4.79 Å². The van der Waals surface area contributed by atoms with Crippen LogP contribution >= 0.6 is 0 Å². The molecule has 32 heavy (non-hydrogen) atoms. The number of benzene rings is 1. The van der Waals surface area contributed by atoms with Gasteiger partial charge in [-0.2, -0.15) is 5.10 Å². The second-order valence-corrected chi connectivity index (χ2v) is 9.00. The molecular formula is C25H32N6O. The summed E-state index contributed by atoms with van der Waals surface area (Å²) in [4.78, 5) is 22.1. The van der Waals surface area contributed by atoms with Crippen molar-refractivity contribution in [2.75, 3.05) is 32.7 Å². The van der Waals surface area contributed by atoms with E-state index in [1.165, 1.54) is 43.5 Å². The van der Waals surface area contributed by atoms with E-state index < -0.39 is 5.66 Å². The Morgan fingerprint density at radius 1 is 1.09 bits per heavy atom. The van der Waals surface area contributed by atoms with Crippen LogP contribution in [-0.2, 0) is 23.4 Å². The first kappa shape index (κ1) is 21.2. The number of nitrogens with zero attached hydrogens (tertiary/aromatic N) is 4. The molecule has 0 aliphatic carbocycles. The highest BCUT2D eigenvalue weighted by atomic mass is 16.1. The van der Waals surface area contributed by atoms with E-state index in [1.54, 1.807) is 0 Å². The number of hydrogen-bond donors (Lipinski definition) is 2. The molecule has 7 nitrogen and oxygen atoms in total. The Balaban J connectivity index is 1.36. The van der Waals surface area contributed by atoms with Gasteiger partial charge in [-0.15, -0.1) is 0 Å². The summed E-state index contributed by atoms with van der Waals surface area (Å²) >= 11 is 0. The van der Waals surface area contributed by atoms with Gasteiger partial charge in [-0.1, -0.05) is 36.8 Å². The minimum atomic E-state index is -0.841. The molecule has 1 atom stereocenters. The molecule has 1 fully saturated rings. The van der Waals surface area contributed by atoms with Crippen molar-refractivity contribution in [3.05, 3.63) is 59.4 Å². The van der Waals surface area contributed by atoms with Gasteiger partial charge in [0.2, 0.25) is 0 Å². The average molecular weight is 433 g/mol. The number of likely N-dealkylation sites (tertiary alicyclic amines) is 1. The molecule has 7 heteroatoms. The highest BCUT2D eigenvalue weighted by Gasteiger charge is 2.40. The van der Waals surface area contributed by atoms with Crippen LogP contribution in [0.4, 0.5) is 0 Å². The van der Waals surface area contributed by atoms with Crippen LogP contribution in [0.1, 0.15) is 42.4 Å². The van der Waals surface area contributed by atoms with Crippen LogP contribution < -0.4 is 5.32 Å². The minimum Gasteiger partial charge on any atom is -0.303 e. The van der Waals surface area contributed by atoms with E-state index in [-0.39, 0.29) is 0 Å². The molecule has 1 saturated heterocycles. The quantitative estimate of drug-likeness (QED) is 0.421. The van der Waals surface area contributed by atoms with Crippen LogP contribution in [0, 0.1) is 0 Å². The fourth-order valence-corrected chi connectivity index (χ4v) is 5.29. The Kier molecular flexibility index (Phi) is 6.30. The Labute approximate surface area is 189 Å². The van der Waals surface area contributed by atoms with E-state index in [0.717, 1.165) is 55.4 Å². The van der Waals surface area contributed by atoms with Gasteiger partial charge in [0.1, 0.15) is 0 Å². The third-order valence-electron chi connectivity index (χ3n) is 7.05. The molecule has 1 unspecified atom stereocenters. The third kappa shape index (κ3) is 4.08. The summed E-state index contributed by atoms with van der Waals surface area (Å²) in [6.45, 7) is 5.76. The van der Waals surface area contributed by atoms with Crippen molar-refractivity contribution in [3.63, 3.8) is 0 Å². The van der Waals surface area contributed by atoms with Gasteiger partial charge >= 0.3 is 0 Å². The Hall–Kier alpha value is -2.61. The number of aromatic nitrogens is 3. The molecule has 1 aromatic carbocycles. The Morgan fingerprint density at radius 2 is 1.94 bits per heavy atom. The second kappa shape index (κ2) is 9.48. The first-order valence-corrected chi connectivity index (χ1v) is 11.8. The lowest BCUT2D eigenvalue weighted by Crippen LogP contribution is -2.59. The normalized spacial score (nSPS) is 19.5. The van der Waals surface area contributed by atoms with Crippen molar-refractivity contribution in [2.45, 2.75) is 44.3 Å². The van der Waals surface area contributed by atoms with Crippen LogP contribution in [0.3, 0.4) is 0 Å². The molecule has 2 aliphatic heterocycles. The van der Waals surface area contributed by atoms with Gasteiger partial charge in [-0.05, 0) is 68.6 Å². The molecular weight excluding hydrogens is 400 g/mol. The topological polar surface area (TPSA) is 77.2 Å². The van der Waals surface area contributed by atoms with Crippen LogP contribution in [0.5, 0.6) is 0 Å². The smallest absolute Gasteiger partial charge is 0.159 e. The standard InChI is InChI=1S/C25H32N6O/c32-19-25(21-8-3-1-4-9-21,27-11-7-14-30-12-5-2-6-13-30)31-15-10-22-20(18-31)16-26-24-23(22)17-28-29-24/h1,3-4,8-9,16-17,19,27H,2,5-7,10-15,18H2,(H,26,28,29). The summed E-state index contributed by atoms with van der Waals surface area (Å²) in [6.07, 6.45) is 10.8. The van der Waals surface area contributed by atoms with Gasteiger partial charge < -0.3 is 4.90 Å². The van der Waals surface area contributed by atoms with Crippen molar-refractivity contribution in [1.29, 1.82) is 0 Å². The fourth-order valence-electron chi connectivity index (χ4n) is 5.29. The molecule has 0 amide bonds. The summed E-state index contributed by atoms with van der Waals surface area (Å²) < 4.78 is 0. The SMILES string of the molecule is O=CC(NCCCN1CCCCC1)(c1ccccc1)N1CCc2c(cnc3[nH]ncc23)C1. The highest BCUT2D eigenvalue weighted by molar-refractivity contribution is 5.79. The number of nitrogens with one attached hydrogen (secondary N) is 2. The summed E-state index contributed by atoms with van der Waals surface area (Å²) in [5.41, 5.74) is 3.44. The number of hydrogen-bond acceptors (Lipinski definition) is 6. The van der Waals surface area contributed by atoms with Crippen molar-refractivity contribution in [2.24, 2.45) is 0 Å². The summed E-state index contributed by atoms with van der Waals surface area (Å²) in [6, 6.07) is 10.1. The predicted octanol–water partition coefficient (Wildman–Crippen LogP) is 2.83. The number of aldehydes is 1. The molecule has 2 N–H and O–H groups in total. The number of pyridine rings is 1. The number of H-pyrrole nitrogens is 1. The minimum absolute atomic E-state index is 0.677. The number of aromatic amines is 1. The summed E-state index contributed by atoms with van der Waals surface area (Å²) in [5, 5.41) is 11.9. The molecule has 0 spiro atoms. The van der Waals surface area contributed by atoms with Crippen LogP contribution in [0.15, 0.2) is 42.7 Å². The predicted molar refractivity (Wildman–Crippen MR) is 125 cm³/mol. The Bertz CT molecular complexity index is 1050. The number of piperidine rings is 1. The van der Waals surface area contributed by atoms with Crippen LogP contribution in [0.2, 0.25) is 0 Å². The third-order valence-corrected chi connectivity index (χ3v) is 7.05. The van der Waals surface area contributed by atoms with E-state index in [4.69, 9.17) is 0 Å². The lowest BCUT2D eigenvalue weighted by atomic mass is 9.92. The molecule has 2 aliphatic rings. The summed E-state index contributed by atoms with van der Waals surface area (Å²) in [5.74, 6) is 0. The fraction of sp³-hybridized carbons (Fsp3) is 0.480. The highest BCUT2D eigenvalue weighted by Crippen LogP contribution is 2.32. The average Bonchev–Trinajstić information content (AvgIpc) is 3.35. The number of carbonyl (C=O) groups excluding carboxylic acids is 1. The monoisotopic (exact) mass is 432 g/mol. The first-order chi connectivity index (χ1) is 15.8. The van der Waals surface area contributed by atoms with E-state index in [2.05, 4.69) is 42.4 Å². The zero-order valence-electron chi connectivity index (χ0n) is 18.6. The van der Waals surface area contributed by atoms with Gasteiger partial charge in [0.05, 0.1) is 6.20 Å². The molecule has 5 rings (SSSR count). The zero-order valence-corrected chi connectivity index (χ0v) is 18.6. The van der Waals surface area contributed by atoms with E-state index >= 15 is 0 Å². The maximum Gasteiger partial charge on any atom is 0.159 e. The van der Waals surface area contributed by atoms with Crippen LogP contribution in [-0.4, -0.2) is 64.0 Å². The molecule has 2 aromatic heterocycles. The number of carbonyl (C=O) groups is 1. The maximum atomic E-state index is 12.8. The maximum absolute atomic E-state index is 12.8. The van der Waals surface area contributed by atoms with Crippen molar-refractivity contribution in [3.8, 4) is 0 Å². The lowest BCUT2D eigenvalue weighted by Gasteiger charge is -2.43. The van der Waals surface area contributed by atoms with Gasteiger partial charge in [0.15, 0.2) is 17.6 Å². The first-order valence-electron chi connectivity index (χ1n) is 11.8. The van der Waals surface area contributed by atoms with Crippen molar-refractivity contribution >= 4 is 17.3 Å². The lowest BCUT2D eigenvalue weighted by molar-refractivity contribution is -0.122. The summed E-state index contributed by atoms with van der Waals surface area (Å²) in [7, 11) is 0. The molecule has 0 saturated carbocycles. The Morgan fingerprint density at radius 3 is 2.75 bits per heavy atom. The molecule has 0 radical (unpaired) electrons. The number of fused-ring (bicyclic) bond motifs is 3. The molecule has 3 aromatic rings. The zero-order chi connectivity index (χ0) is 21.8. The van der Waals surface area contributed by atoms with E-state index in [9.17, 15) is 4.79 Å². The van der Waals surface area contributed by atoms with E-state index in [1.807, 2.05) is 30.6 Å². The van der Waals surface area contributed by atoms with Gasteiger partial charge in [-0.3, -0.25) is 20.1 Å². The largest absolute Gasteiger partial charge is 0.303 e. The van der Waals surface area contributed by atoms with Crippen molar-refractivity contribution in [1.82, 2.24) is 30.3 Å². The molecule has 0 bridgehead atoms. The number of rotatable bonds is 8.